The molecule has 1 heterocycles. The molecule has 1 N–H and O–H groups in total. The molecular formula is C16H21N3O4. The molecule has 2 amide bonds. The van der Waals surface area contributed by atoms with Crippen LogP contribution in [0.25, 0.3) is 0 Å². The Morgan fingerprint density at radius 2 is 1.83 bits per heavy atom. The van der Waals surface area contributed by atoms with E-state index in [9.17, 15) is 19.7 Å². The summed E-state index contributed by atoms with van der Waals surface area (Å²) >= 11 is 0. The van der Waals surface area contributed by atoms with Gasteiger partial charge in [-0.05, 0) is 37.8 Å². The molecule has 1 fully saturated rings. The summed E-state index contributed by atoms with van der Waals surface area (Å²) in [6.45, 7) is 5.26. The van der Waals surface area contributed by atoms with Crippen LogP contribution >= 0.6 is 0 Å². The zero-order valence-electron chi connectivity index (χ0n) is 13.3. The first kappa shape index (κ1) is 16.9. The summed E-state index contributed by atoms with van der Waals surface area (Å²) in [5, 5.41) is 13.3. The van der Waals surface area contributed by atoms with Gasteiger partial charge in [-0.3, -0.25) is 19.7 Å². The largest absolute Gasteiger partial charge is 0.341 e. The van der Waals surface area contributed by atoms with Crippen LogP contribution in [0.4, 0.5) is 5.69 Å². The lowest BCUT2D eigenvalue weighted by Gasteiger charge is -2.32. The van der Waals surface area contributed by atoms with Crippen molar-refractivity contribution in [2.75, 3.05) is 13.1 Å². The number of hydrogen-bond donors (Lipinski definition) is 1. The highest BCUT2D eigenvalue weighted by molar-refractivity contribution is 5.97. The summed E-state index contributed by atoms with van der Waals surface area (Å²) in [5.41, 5.74) is 0.218. The molecule has 7 nitrogen and oxygen atoms in total. The van der Waals surface area contributed by atoms with Crippen LogP contribution in [0.5, 0.6) is 0 Å². The molecule has 1 aliphatic rings. The van der Waals surface area contributed by atoms with Gasteiger partial charge in [0.2, 0.25) is 5.91 Å². The number of carbonyl (C=O) groups is 2. The van der Waals surface area contributed by atoms with Crippen LogP contribution in [0.2, 0.25) is 0 Å². The second-order valence-electron chi connectivity index (χ2n) is 6.01. The predicted molar refractivity (Wildman–Crippen MR) is 85.0 cm³/mol. The molecule has 0 saturated carbocycles. The topological polar surface area (TPSA) is 92.6 Å². The van der Waals surface area contributed by atoms with Crippen LogP contribution in [0, 0.1) is 16.0 Å². The van der Waals surface area contributed by atoms with Gasteiger partial charge in [0.05, 0.1) is 4.92 Å². The molecular weight excluding hydrogens is 298 g/mol. The van der Waals surface area contributed by atoms with E-state index in [0.29, 0.717) is 11.5 Å². The minimum atomic E-state index is -0.619. The molecule has 124 valence electrons. The van der Waals surface area contributed by atoms with Crippen LogP contribution in [0.1, 0.15) is 37.0 Å². The van der Waals surface area contributed by atoms with Gasteiger partial charge in [0.15, 0.2) is 0 Å². The molecule has 1 aromatic carbocycles. The smallest absolute Gasteiger partial charge is 0.269 e. The van der Waals surface area contributed by atoms with Crippen molar-refractivity contribution in [3.8, 4) is 0 Å². The third kappa shape index (κ3) is 4.28. The van der Waals surface area contributed by atoms with Gasteiger partial charge in [-0.2, -0.15) is 0 Å². The van der Waals surface area contributed by atoms with Crippen molar-refractivity contribution in [3.05, 3.63) is 39.9 Å². The molecule has 23 heavy (non-hydrogen) atoms. The molecule has 7 heteroatoms. The summed E-state index contributed by atoms with van der Waals surface area (Å²) in [4.78, 5) is 36.3. The number of nitrogens with one attached hydrogen (secondary N) is 1. The molecule has 0 spiro atoms. The maximum absolute atomic E-state index is 12.3. The third-order valence-electron chi connectivity index (χ3n) is 4.15. The Morgan fingerprint density at radius 1 is 1.26 bits per heavy atom. The molecule has 0 bridgehead atoms. The summed E-state index contributed by atoms with van der Waals surface area (Å²) in [7, 11) is 0. The van der Waals surface area contributed by atoms with Gasteiger partial charge < -0.3 is 10.2 Å². The lowest BCUT2D eigenvalue weighted by molar-refractivity contribution is -0.384. The number of nitro benzene ring substituents is 1. The van der Waals surface area contributed by atoms with E-state index in [1.54, 1.807) is 11.8 Å². The Balaban J connectivity index is 1.93. The molecule has 2 rings (SSSR count). The lowest BCUT2D eigenvalue weighted by Crippen LogP contribution is -2.49. The average molecular weight is 319 g/mol. The fourth-order valence-corrected chi connectivity index (χ4v) is 2.58. The van der Waals surface area contributed by atoms with Crippen LogP contribution in [0.3, 0.4) is 0 Å². The normalized spacial score (nSPS) is 16.7. The first-order chi connectivity index (χ1) is 10.9. The number of amides is 2. The maximum atomic E-state index is 12.3. The average Bonchev–Trinajstić information content (AvgIpc) is 2.54. The predicted octanol–water partition coefficient (Wildman–Crippen LogP) is 1.97. The van der Waals surface area contributed by atoms with E-state index in [1.807, 2.05) is 0 Å². The van der Waals surface area contributed by atoms with Gasteiger partial charge in [-0.15, -0.1) is 0 Å². The van der Waals surface area contributed by atoms with Gasteiger partial charge in [0.1, 0.15) is 6.04 Å². The summed E-state index contributed by atoms with van der Waals surface area (Å²) in [5.74, 6) is 0.127. The van der Waals surface area contributed by atoms with Crippen molar-refractivity contribution in [2.45, 2.75) is 32.7 Å². The number of nitro groups is 1. The fourth-order valence-electron chi connectivity index (χ4n) is 2.58. The van der Waals surface area contributed by atoms with Crippen molar-refractivity contribution < 1.29 is 14.5 Å². The van der Waals surface area contributed by atoms with Gasteiger partial charge in [0.25, 0.3) is 11.6 Å². The van der Waals surface area contributed by atoms with E-state index in [-0.39, 0.29) is 11.6 Å². The number of piperidine rings is 1. The number of likely N-dealkylation sites (tertiary alicyclic amines) is 1. The Bertz CT molecular complexity index is 592. The number of nitrogens with zero attached hydrogens (tertiary/aromatic N) is 2. The quantitative estimate of drug-likeness (QED) is 0.678. The van der Waals surface area contributed by atoms with Gasteiger partial charge in [0, 0.05) is 30.8 Å². The zero-order valence-corrected chi connectivity index (χ0v) is 13.3. The molecule has 1 aliphatic heterocycles. The molecule has 1 unspecified atom stereocenters. The minimum Gasteiger partial charge on any atom is -0.341 e. The molecule has 1 saturated heterocycles. The lowest BCUT2D eigenvalue weighted by atomic mass is 9.99. The number of non-ortho nitro benzene ring substituents is 1. The van der Waals surface area contributed by atoms with E-state index in [2.05, 4.69) is 12.2 Å². The van der Waals surface area contributed by atoms with Crippen molar-refractivity contribution in [1.82, 2.24) is 10.2 Å². The molecule has 0 aromatic heterocycles. The number of hydrogen-bond acceptors (Lipinski definition) is 4. The second kappa shape index (κ2) is 7.21. The van der Waals surface area contributed by atoms with Gasteiger partial charge >= 0.3 is 0 Å². The fraction of sp³-hybridized carbons (Fsp3) is 0.500. The van der Waals surface area contributed by atoms with Gasteiger partial charge in [-0.25, -0.2) is 0 Å². The van der Waals surface area contributed by atoms with Crippen LogP contribution < -0.4 is 5.32 Å². The minimum absolute atomic E-state index is 0.0758. The SMILES string of the molecule is CC1CCN(C(=O)C(C)NC(=O)c2ccc([N+](=O)[O-])cc2)CC1. The highest BCUT2D eigenvalue weighted by atomic mass is 16.6. The van der Waals surface area contributed by atoms with Crippen molar-refractivity contribution >= 4 is 17.5 Å². The van der Waals surface area contributed by atoms with Crippen molar-refractivity contribution in [2.24, 2.45) is 5.92 Å². The molecule has 1 aromatic rings. The van der Waals surface area contributed by atoms with Crippen molar-refractivity contribution in [1.29, 1.82) is 0 Å². The number of rotatable bonds is 4. The van der Waals surface area contributed by atoms with E-state index in [1.165, 1.54) is 24.3 Å². The van der Waals surface area contributed by atoms with Gasteiger partial charge in [-0.1, -0.05) is 6.92 Å². The Labute approximate surface area is 134 Å². The summed E-state index contributed by atoms with van der Waals surface area (Å²) in [6, 6.07) is 4.69. The van der Waals surface area contributed by atoms with Crippen LogP contribution in [-0.4, -0.2) is 40.8 Å². The van der Waals surface area contributed by atoms with Crippen molar-refractivity contribution in [3.63, 3.8) is 0 Å². The van der Waals surface area contributed by atoms with Crippen LogP contribution in [-0.2, 0) is 4.79 Å². The Morgan fingerprint density at radius 3 is 2.35 bits per heavy atom. The van der Waals surface area contributed by atoms with E-state index in [4.69, 9.17) is 0 Å². The van der Waals surface area contributed by atoms with Crippen LogP contribution in [0.15, 0.2) is 24.3 Å². The van der Waals surface area contributed by atoms with E-state index >= 15 is 0 Å². The first-order valence-electron chi connectivity index (χ1n) is 7.72. The number of carbonyl (C=O) groups excluding carboxylic acids is 2. The molecule has 1 atom stereocenters. The maximum Gasteiger partial charge on any atom is 0.269 e. The standard InChI is InChI=1S/C16H21N3O4/c1-11-7-9-18(10-8-11)16(21)12(2)17-15(20)13-3-5-14(6-4-13)19(22)23/h3-6,11-12H,7-10H2,1-2H3,(H,17,20). The summed E-state index contributed by atoms with van der Waals surface area (Å²) < 4.78 is 0. The second-order valence-corrected chi connectivity index (χ2v) is 6.01. The first-order valence-corrected chi connectivity index (χ1v) is 7.72. The third-order valence-corrected chi connectivity index (χ3v) is 4.15. The summed E-state index contributed by atoms with van der Waals surface area (Å²) in [6.07, 6.45) is 1.96. The number of benzene rings is 1. The highest BCUT2D eigenvalue weighted by Crippen LogP contribution is 2.17. The molecule has 0 radical (unpaired) electrons. The highest BCUT2D eigenvalue weighted by Gasteiger charge is 2.25. The molecule has 0 aliphatic carbocycles. The Kier molecular flexibility index (Phi) is 5.31. The van der Waals surface area contributed by atoms with E-state index < -0.39 is 16.9 Å². The monoisotopic (exact) mass is 319 g/mol. The van der Waals surface area contributed by atoms with E-state index in [0.717, 1.165) is 25.9 Å². The zero-order chi connectivity index (χ0) is 17.0. The Hall–Kier alpha value is -2.44.